The minimum atomic E-state index is -3.17. The number of nitrogens with zero attached hydrogens (tertiary/aromatic N) is 1. The quantitative estimate of drug-likeness (QED) is 0.741. The molecule has 0 saturated heterocycles. The standard InChI is InChI=1S/C11H17Cl2N3O3S/c1-3-20(18,19)16(2)6-4-5-14-11(17)9-7-8(12)10(13)15-9/h7,15H,3-6H2,1-2H3,(H,14,17). The molecule has 114 valence electrons. The lowest BCUT2D eigenvalue weighted by Crippen LogP contribution is -2.32. The van der Waals surface area contributed by atoms with Crippen molar-refractivity contribution in [3.63, 3.8) is 0 Å². The molecule has 0 fully saturated rings. The molecular weight excluding hydrogens is 325 g/mol. The van der Waals surface area contributed by atoms with Crippen LogP contribution in [-0.2, 0) is 10.0 Å². The van der Waals surface area contributed by atoms with Crippen molar-refractivity contribution in [2.24, 2.45) is 0 Å². The first-order chi connectivity index (χ1) is 9.27. The van der Waals surface area contributed by atoms with Crippen molar-refractivity contribution in [2.45, 2.75) is 13.3 Å². The van der Waals surface area contributed by atoms with Gasteiger partial charge in [0.05, 0.1) is 10.8 Å². The van der Waals surface area contributed by atoms with Crippen LogP contribution in [-0.4, -0.2) is 49.5 Å². The van der Waals surface area contributed by atoms with E-state index in [1.54, 1.807) is 6.92 Å². The Hall–Kier alpha value is -0.760. The van der Waals surface area contributed by atoms with Crippen molar-refractivity contribution >= 4 is 39.1 Å². The Morgan fingerprint density at radius 3 is 2.60 bits per heavy atom. The van der Waals surface area contributed by atoms with Crippen LogP contribution in [0.2, 0.25) is 10.2 Å². The zero-order valence-electron chi connectivity index (χ0n) is 11.2. The molecule has 0 spiro atoms. The lowest BCUT2D eigenvalue weighted by Gasteiger charge is -2.15. The van der Waals surface area contributed by atoms with E-state index >= 15 is 0 Å². The maximum Gasteiger partial charge on any atom is 0.267 e. The van der Waals surface area contributed by atoms with Gasteiger partial charge in [0.1, 0.15) is 10.8 Å². The fourth-order valence-electron chi connectivity index (χ4n) is 1.48. The molecule has 0 aromatic carbocycles. The molecule has 6 nitrogen and oxygen atoms in total. The van der Waals surface area contributed by atoms with Gasteiger partial charge in [-0.1, -0.05) is 23.2 Å². The van der Waals surface area contributed by atoms with E-state index in [-0.39, 0.29) is 27.5 Å². The average Bonchev–Trinajstić information content (AvgIpc) is 2.74. The van der Waals surface area contributed by atoms with Gasteiger partial charge in [0.15, 0.2) is 0 Å². The minimum absolute atomic E-state index is 0.0648. The summed E-state index contributed by atoms with van der Waals surface area (Å²) in [4.78, 5) is 14.4. The predicted octanol–water partition coefficient (Wildman–Crippen LogP) is 1.72. The number of amides is 1. The molecule has 0 aliphatic carbocycles. The average molecular weight is 342 g/mol. The van der Waals surface area contributed by atoms with Gasteiger partial charge in [-0.3, -0.25) is 4.79 Å². The van der Waals surface area contributed by atoms with E-state index in [2.05, 4.69) is 10.3 Å². The largest absolute Gasteiger partial charge is 0.351 e. The van der Waals surface area contributed by atoms with Gasteiger partial charge in [0, 0.05) is 20.1 Å². The highest BCUT2D eigenvalue weighted by Gasteiger charge is 2.15. The van der Waals surface area contributed by atoms with Crippen molar-refractivity contribution in [1.82, 2.24) is 14.6 Å². The summed E-state index contributed by atoms with van der Waals surface area (Å²) >= 11 is 11.4. The van der Waals surface area contributed by atoms with Crippen LogP contribution in [0.3, 0.4) is 0 Å². The third kappa shape index (κ3) is 4.66. The summed E-state index contributed by atoms with van der Waals surface area (Å²) in [5.41, 5.74) is 0.273. The number of sulfonamides is 1. The number of carbonyl (C=O) groups excluding carboxylic acids is 1. The van der Waals surface area contributed by atoms with Crippen molar-refractivity contribution in [1.29, 1.82) is 0 Å². The molecular formula is C11H17Cl2N3O3S. The maximum atomic E-state index is 11.7. The molecule has 1 heterocycles. The zero-order valence-corrected chi connectivity index (χ0v) is 13.6. The Morgan fingerprint density at radius 2 is 2.10 bits per heavy atom. The fourth-order valence-corrected chi connectivity index (χ4v) is 2.65. The molecule has 1 amide bonds. The monoisotopic (exact) mass is 341 g/mol. The first-order valence-electron chi connectivity index (χ1n) is 6.04. The zero-order chi connectivity index (χ0) is 15.3. The van der Waals surface area contributed by atoms with Gasteiger partial charge in [-0.15, -0.1) is 0 Å². The Kier molecular flexibility index (Phi) is 6.32. The highest BCUT2D eigenvalue weighted by atomic mass is 35.5. The smallest absolute Gasteiger partial charge is 0.267 e. The van der Waals surface area contributed by atoms with Gasteiger partial charge in [-0.05, 0) is 19.4 Å². The second-order valence-corrected chi connectivity index (χ2v) is 7.33. The Balaban J connectivity index is 2.36. The van der Waals surface area contributed by atoms with Crippen molar-refractivity contribution in [3.05, 3.63) is 21.9 Å². The number of H-pyrrole nitrogens is 1. The lowest BCUT2D eigenvalue weighted by molar-refractivity contribution is 0.0948. The molecule has 0 atom stereocenters. The molecule has 2 N–H and O–H groups in total. The second kappa shape index (κ2) is 7.31. The highest BCUT2D eigenvalue weighted by molar-refractivity contribution is 7.89. The molecule has 0 aliphatic heterocycles. The summed E-state index contributed by atoms with van der Waals surface area (Å²) in [6.07, 6.45) is 0.518. The Labute approximate surface area is 128 Å². The van der Waals surface area contributed by atoms with E-state index in [9.17, 15) is 13.2 Å². The third-order valence-electron chi connectivity index (χ3n) is 2.74. The number of hydrogen-bond acceptors (Lipinski definition) is 3. The van der Waals surface area contributed by atoms with Gasteiger partial charge in [-0.25, -0.2) is 12.7 Å². The van der Waals surface area contributed by atoms with Crippen molar-refractivity contribution < 1.29 is 13.2 Å². The van der Waals surface area contributed by atoms with E-state index in [1.807, 2.05) is 0 Å². The molecule has 0 unspecified atom stereocenters. The topological polar surface area (TPSA) is 82.3 Å². The number of aromatic nitrogens is 1. The number of hydrogen-bond donors (Lipinski definition) is 2. The number of aromatic amines is 1. The summed E-state index contributed by atoms with van der Waals surface area (Å²) in [5.74, 6) is -0.269. The first kappa shape index (κ1) is 17.3. The molecule has 9 heteroatoms. The van der Waals surface area contributed by atoms with E-state index in [0.29, 0.717) is 19.5 Å². The lowest BCUT2D eigenvalue weighted by atomic mass is 10.3. The maximum absolute atomic E-state index is 11.7. The van der Waals surface area contributed by atoms with Crippen LogP contribution >= 0.6 is 23.2 Å². The fraction of sp³-hybridized carbons (Fsp3) is 0.545. The summed E-state index contributed by atoms with van der Waals surface area (Å²) in [6.45, 7) is 2.30. The molecule has 0 aliphatic rings. The van der Waals surface area contributed by atoms with Crippen LogP contribution in [0.15, 0.2) is 6.07 Å². The van der Waals surface area contributed by atoms with Crippen LogP contribution in [0.1, 0.15) is 23.8 Å². The first-order valence-corrected chi connectivity index (χ1v) is 8.40. The molecule has 1 aromatic heterocycles. The van der Waals surface area contributed by atoms with E-state index in [1.165, 1.54) is 17.4 Å². The van der Waals surface area contributed by atoms with Crippen molar-refractivity contribution in [3.8, 4) is 0 Å². The molecule has 1 rings (SSSR count). The van der Waals surface area contributed by atoms with Gasteiger partial charge < -0.3 is 10.3 Å². The number of rotatable bonds is 7. The van der Waals surface area contributed by atoms with Crippen LogP contribution < -0.4 is 5.32 Å². The van der Waals surface area contributed by atoms with Crippen molar-refractivity contribution in [2.75, 3.05) is 25.9 Å². The summed E-state index contributed by atoms with van der Waals surface area (Å²) in [7, 11) is -1.65. The minimum Gasteiger partial charge on any atom is -0.351 e. The van der Waals surface area contributed by atoms with Crippen LogP contribution in [0.5, 0.6) is 0 Å². The molecule has 0 bridgehead atoms. The van der Waals surface area contributed by atoms with E-state index < -0.39 is 10.0 Å². The Bertz CT molecular complexity index is 552. The number of carbonyl (C=O) groups is 1. The summed E-state index contributed by atoms with van der Waals surface area (Å²) < 4.78 is 24.3. The normalized spacial score (nSPS) is 11.8. The molecule has 1 aromatic rings. The van der Waals surface area contributed by atoms with Crippen LogP contribution in [0.4, 0.5) is 0 Å². The van der Waals surface area contributed by atoms with Crippen LogP contribution in [0.25, 0.3) is 0 Å². The SMILES string of the molecule is CCS(=O)(=O)N(C)CCCNC(=O)c1cc(Cl)c(Cl)[nH]1. The molecule has 0 saturated carbocycles. The molecule has 20 heavy (non-hydrogen) atoms. The van der Waals surface area contributed by atoms with Gasteiger partial charge in [0.25, 0.3) is 5.91 Å². The second-order valence-electron chi connectivity index (χ2n) is 4.18. The number of halogens is 2. The summed E-state index contributed by atoms with van der Waals surface area (Å²) in [5, 5.41) is 3.15. The van der Waals surface area contributed by atoms with E-state index in [0.717, 1.165) is 0 Å². The summed E-state index contributed by atoms with van der Waals surface area (Å²) in [6, 6.07) is 1.44. The Morgan fingerprint density at radius 1 is 1.45 bits per heavy atom. The van der Waals surface area contributed by atoms with Gasteiger partial charge >= 0.3 is 0 Å². The highest BCUT2D eigenvalue weighted by Crippen LogP contribution is 2.21. The van der Waals surface area contributed by atoms with E-state index in [4.69, 9.17) is 23.2 Å². The molecule has 0 radical (unpaired) electrons. The van der Waals surface area contributed by atoms with Gasteiger partial charge in [0.2, 0.25) is 10.0 Å². The van der Waals surface area contributed by atoms with Gasteiger partial charge in [-0.2, -0.15) is 0 Å². The third-order valence-corrected chi connectivity index (χ3v) is 5.30. The van der Waals surface area contributed by atoms with Crippen LogP contribution in [0, 0.1) is 0 Å². The number of nitrogens with one attached hydrogen (secondary N) is 2. The predicted molar refractivity (Wildman–Crippen MR) is 79.9 cm³/mol.